The number of para-hydroxylation sites is 1. The summed E-state index contributed by atoms with van der Waals surface area (Å²) in [5.41, 5.74) is 2.54. The van der Waals surface area contributed by atoms with E-state index in [1.807, 2.05) is 42.2 Å². The molecule has 0 aliphatic carbocycles. The van der Waals surface area contributed by atoms with Gasteiger partial charge in [0.15, 0.2) is 0 Å². The van der Waals surface area contributed by atoms with Crippen molar-refractivity contribution >= 4 is 39.2 Å². The van der Waals surface area contributed by atoms with E-state index in [-0.39, 0.29) is 11.8 Å². The van der Waals surface area contributed by atoms with Gasteiger partial charge in [0.1, 0.15) is 10.8 Å². The maximum absolute atomic E-state index is 13.4. The van der Waals surface area contributed by atoms with E-state index in [4.69, 9.17) is 9.51 Å². The van der Waals surface area contributed by atoms with Gasteiger partial charge in [0.05, 0.1) is 26.5 Å². The minimum absolute atomic E-state index is 0.0396. The summed E-state index contributed by atoms with van der Waals surface area (Å²) >= 11 is 3.26. The lowest BCUT2D eigenvalue weighted by atomic mass is 9.98. The minimum Gasteiger partial charge on any atom is -0.361 e. The molecule has 3 aromatic heterocycles. The first kappa shape index (κ1) is 20.2. The summed E-state index contributed by atoms with van der Waals surface area (Å²) in [7, 11) is 0. The second kappa shape index (κ2) is 8.80. The molecule has 0 bridgehead atoms. The van der Waals surface area contributed by atoms with E-state index in [9.17, 15) is 4.79 Å². The molecular formula is C23H22N4O2S2. The first-order valence-electron chi connectivity index (χ1n) is 10.3. The summed E-state index contributed by atoms with van der Waals surface area (Å²) in [6.45, 7) is 3.33. The number of thioether (sulfide) groups is 1. The SMILES string of the molecule is Cc1cc(CSc2ncccc2C(=O)N2CCCC(c3nc4ccccc4s3)C2)no1. The highest BCUT2D eigenvalue weighted by Gasteiger charge is 2.29. The molecule has 1 atom stereocenters. The summed E-state index contributed by atoms with van der Waals surface area (Å²) in [6, 6.07) is 13.8. The molecule has 1 fully saturated rings. The number of likely N-dealkylation sites (tertiary alicyclic amines) is 1. The zero-order valence-electron chi connectivity index (χ0n) is 17.2. The van der Waals surface area contributed by atoms with E-state index in [2.05, 4.69) is 22.3 Å². The Bertz CT molecular complexity index is 1190. The molecule has 0 radical (unpaired) electrons. The van der Waals surface area contributed by atoms with E-state index in [0.717, 1.165) is 46.4 Å². The fraction of sp³-hybridized carbons (Fsp3) is 0.304. The number of rotatable bonds is 5. The lowest BCUT2D eigenvalue weighted by molar-refractivity contribution is 0.0702. The van der Waals surface area contributed by atoms with Gasteiger partial charge in [-0.25, -0.2) is 9.97 Å². The van der Waals surface area contributed by atoms with Crippen LogP contribution in [0.25, 0.3) is 10.2 Å². The van der Waals surface area contributed by atoms with Crippen molar-refractivity contribution in [3.63, 3.8) is 0 Å². The second-order valence-corrected chi connectivity index (χ2v) is 9.71. The van der Waals surface area contributed by atoms with Crippen LogP contribution in [0.2, 0.25) is 0 Å². The molecule has 4 heterocycles. The Hall–Kier alpha value is -2.71. The van der Waals surface area contributed by atoms with Gasteiger partial charge < -0.3 is 9.42 Å². The van der Waals surface area contributed by atoms with E-state index in [1.165, 1.54) is 16.5 Å². The predicted octanol–water partition coefficient (Wildman–Crippen LogP) is 5.30. The Morgan fingerprint density at radius 3 is 3.03 bits per heavy atom. The first-order valence-corrected chi connectivity index (χ1v) is 12.1. The predicted molar refractivity (Wildman–Crippen MR) is 123 cm³/mol. The molecule has 1 aliphatic rings. The fourth-order valence-corrected chi connectivity index (χ4v) is 5.86. The van der Waals surface area contributed by atoms with Gasteiger partial charge in [0.25, 0.3) is 5.91 Å². The number of hydrogen-bond donors (Lipinski definition) is 0. The Kier molecular flexibility index (Phi) is 5.74. The Morgan fingerprint density at radius 1 is 1.29 bits per heavy atom. The van der Waals surface area contributed by atoms with E-state index >= 15 is 0 Å². The first-order chi connectivity index (χ1) is 15.2. The molecule has 1 aromatic carbocycles. The number of aryl methyl sites for hydroxylation is 1. The highest BCUT2D eigenvalue weighted by molar-refractivity contribution is 7.98. The van der Waals surface area contributed by atoms with Gasteiger partial charge in [-0.1, -0.05) is 29.1 Å². The number of fused-ring (bicyclic) bond motifs is 1. The van der Waals surface area contributed by atoms with Crippen LogP contribution in [-0.2, 0) is 5.75 Å². The van der Waals surface area contributed by atoms with Gasteiger partial charge in [0, 0.05) is 37.0 Å². The molecule has 0 spiro atoms. The Balaban J connectivity index is 1.32. The van der Waals surface area contributed by atoms with Crippen LogP contribution in [0.1, 0.15) is 45.6 Å². The van der Waals surface area contributed by atoms with E-state index < -0.39 is 0 Å². The normalized spacial score (nSPS) is 16.7. The number of nitrogens with zero attached hydrogens (tertiary/aromatic N) is 4. The molecule has 1 unspecified atom stereocenters. The highest BCUT2D eigenvalue weighted by atomic mass is 32.2. The van der Waals surface area contributed by atoms with Crippen LogP contribution in [-0.4, -0.2) is 39.0 Å². The van der Waals surface area contributed by atoms with Gasteiger partial charge >= 0.3 is 0 Å². The third-order valence-electron chi connectivity index (χ3n) is 5.40. The molecule has 0 N–H and O–H groups in total. The lowest BCUT2D eigenvalue weighted by Gasteiger charge is -2.32. The number of piperidine rings is 1. The molecule has 31 heavy (non-hydrogen) atoms. The molecule has 6 nitrogen and oxygen atoms in total. The van der Waals surface area contributed by atoms with Crippen molar-refractivity contribution in [2.75, 3.05) is 13.1 Å². The molecule has 4 aromatic rings. The smallest absolute Gasteiger partial charge is 0.256 e. The van der Waals surface area contributed by atoms with Gasteiger partial charge in [-0.3, -0.25) is 4.79 Å². The van der Waals surface area contributed by atoms with Crippen LogP contribution in [0.4, 0.5) is 0 Å². The van der Waals surface area contributed by atoms with Crippen molar-refractivity contribution < 1.29 is 9.32 Å². The molecule has 158 valence electrons. The topological polar surface area (TPSA) is 72.1 Å². The largest absolute Gasteiger partial charge is 0.361 e. The monoisotopic (exact) mass is 450 g/mol. The lowest BCUT2D eigenvalue weighted by Crippen LogP contribution is -2.39. The minimum atomic E-state index is 0.0396. The number of benzene rings is 1. The van der Waals surface area contributed by atoms with Crippen LogP contribution >= 0.6 is 23.1 Å². The maximum atomic E-state index is 13.4. The van der Waals surface area contributed by atoms with Crippen molar-refractivity contribution in [1.82, 2.24) is 20.0 Å². The van der Waals surface area contributed by atoms with E-state index in [0.29, 0.717) is 17.9 Å². The molecule has 1 amide bonds. The summed E-state index contributed by atoms with van der Waals surface area (Å²) in [5, 5.41) is 5.89. The third kappa shape index (κ3) is 4.36. The fourth-order valence-electron chi connectivity index (χ4n) is 3.90. The molecule has 8 heteroatoms. The number of amides is 1. The number of pyridine rings is 1. The maximum Gasteiger partial charge on any atom is 0.256 e. The van der Waals surface area contributed by atoms with Gasteiger partial charge in [0.2, 0.25) is 0 Å². The van der Waals surface area contributed by atoms with E-state index in [1.54, 1.807) is 17.5 Å². The molecular weight excluding hydrogens is 428 g/mol. The van der Waals surface area contributed by atoms with Crippen LogP contribution < -0.4 is 0 Å². The molecule has 5 rings (SSSR count). The van der Waals surface area contributed by atoms with Crippen molar-refractivity contribution in [3.8, 4) is 0 Å². The average molecular weight is 451 g/mol. The van der Waals surface area contributed by atoms with Gasteiger partial charge in [-0.15, -0.1) is 11.3 Å². The summed E-state index contributed by atoms with van der Waals surface area (Å²) in [6.07, 6.45) is 3.77. The highest BCUT2D eigenvalue weighted by Crippen LogP contribution is 2.34. The number of hydrogen-bond acceptors (Lipinski definition) is 7. The molecule has 0 saturated carbocycles. The van der Waals surface area contributed by atoms with Crippen molar-refractivity contribution in [3.05, 3.63) is 70.7 Å². The second-order valence-electron chi connectivity index (χ2n) is 7.68. The van der Waals surface area contributed by atoms with Gasteiger partial charge in [-0.2, -0.15) is 0 Å². The van der Waals surface area contributed by atoms with Gasteiger partial charge in [-0.05, 0) is 44.0 Å². The average Bonchev–Trinajstić information content (AvgIpc) is 3.43. The Labute approximate surface area is 188 Å². The zero-order valence-corrected chi connectivity index (χ0v) is 18.8. The standard InChI is InChI=1S/C23H22N4O2S2/c1-15-12-17(26-29-15)14-30-22-18(7-4-10-24-22)23(28)27-11-5-6-16(13-27)21-25-19-8-2-3-9-20(19)31-21/h2-4,7-10,12,16H,5-6,11,13-14H2,1H3. The zero-order chi connectivity index (χ0) is 21.2. The van der Waals surface area contributed by atoms with Crippen molar-refractivity contribution in [2.45, 2.75) is 36.5 Å². The summed E-state index contributed by atoms with van der Waals surface area (Å²) < 4.78 is 6.34. The number of aromatic nitrogens is 3. The van der Waals surface area contributed by atoms with Crippen LogP contribution in [0.15, 0.2) is 58.2 Å². The number of carbonyl (C=O) groups is 1. The van der Waals surface area contributed by atoms with Crippen LogP contribution in [0, 0.1) is 6.92 Å². The molecule has 1 aliphatic heterocycles. The van der Waals surface area contributed by atoms with Crippen molar-refractivity contribution in [1.29, 1.82) is 0 Å². The quantitative estimate of drug-likeness (QED) is 0.384. The Morgan fingerprint density at radius 2 is 2.19 bits per heavy atom. The van der Waals surface area contributed by atoms with Crippen LogP contribution in [0.3, 0.4) is 0 Å². The third-order valence-corrected chi connectivity index (χ3v) is 7.64. The number of thiazole rings is 1. The molecule has 1 saturated heterocycles. The van der Waals surface area contributed by atoms with Crippen LogP contribution in [0.5, 0.6) is 0 Å². The van der Waals surface area contributed by atoms with Crippen molar-refractivity contribution in [2.24, 2.45) is 0 Å². The summed E-state index contributed by atoms with van der Waals surface area (Å²) in [5.74, 6) is 1.71. The number of carbonyl (C=O) groups excluding carboxylic acids is 1. The summed E-state index contributed by atoms with van der Waals surface area (Å²) in [4.78, 5) is 24.7.